The van der Waals surface area contributed by atoms with Gasteiger partial charge in [-0.1, -0.05) is 12.1 Å². The molecule has 0 aliphatic carbocycles. The van der Waals surface area contributed by atoms with Crippen LogP contribution in [0.5, 0.6) is 0 Å². The number of carbonyl (C=O) groups is 1. The molecule has 1 fully saturated rings. The second kappa shape index (κ2) is 6.85. The number of benzene rings is 1. The fraction of sp³-hybridized carbons (Fsp3) is 0.400. The number of nitrogens with one attached hydrogen (secondary N) is 1. The average molecular weight is 369 g/mol. The smallest absolute Gasteiger partial charge is 0.270 e. The number of likely N-dealkylation sites (N-methyl/N-ethyl adjacent to an activating group) is 1. The molecule has 1 aromatic carbocycles. The van der Waals surface area contributed by atoms with E-state index in [-0.39, 0.29) is 5.91 Å². The fourth-order valence-corrected chi connectivity index (χ4v) is 4.94. The van der Waals surface area contributed by atoms with Crippen LogP contribution >= 0.6 is 11.3 Å². The molecule has 1 atom stereocenters. The standard InChI is InChI=1S/C20H24N4OS/c1-13-18(26-19(22-13)15-7-5-11-23(2)12-15)20(25)24(3)16-8-4-6-14-9-10-21-17(14)16/h4,6,8-10,15,21H,5,7,11-12H2,1-3H3. The second-order valence-corrected chi connectivity index (χ2v) is 8.18. The topological polar surface area (TPSA) is 52.2 Å². The van der Waals surface area contributed by atoms with E-state index in [0.29, 0.717) is 5.92 Å². The van der Waals surface area contributed by atoms with E-state index in [1.54, 1.807) is 16.2 Å². The molecule has 1 aliphatic rings. The lowest BCUT2D eigenvalue weighted by molar-refractivity contribution is 0.0996. The van der Waals surface area contributed by atoms with E-state index >= 15 is 0 Å². The highest BCUT2D eigenvalue weighted by molar-refractivity contribution is 7.14. The minimum absolute atomic E-state index is 0.0116. The van der Waals surface area contributed by atoms with Gasteiger partial charge in [0, 0.05) is 31.1 Å². The molecule has 6 heteroatoms. The Morgan fingerprint density at radius 2 is 2.23 bits per heavy atom. The number of rotatable bonds is 3. The number of aromatic nitrogens is 2. The molecule has 0 radical (unpaired) electrons. The number of carbonyl (C=O) groups excluding carboxylic acids is 1. The Balaban J connectivity index is 1.63. The number of likely N-dealkylation sites (tertiary alicyclic amines) is 1. The summed E-state index contributed by atoms with van der Waals surface area (Å²) < 4.78 is 0. The molecule has 0 bridgehead atoms. The molecule has 1 amide bonds. The lowest BCUT2D eigenvalue weighted by atomic mass is 9.99. The highest BCUT2D eigenvalue weighted by Gasteiger charge is 2.26. The van der Waals surface area contributed by atoms with E-state index in [4.69, 9.17) is 4.98 Å². The first kappa shape index (κ1) is 17.2. The number of piperidine rings is 1. The number of aromatic amines is 1. The van der Waals surface area contributed by atoms with Crippen LogP contribution < -0.4 is 4.90 Å². The van der Waals surface area contributed by atoms with Crippen molar-refractivity contribution in [1.82, 2.24) is 14.9 Å². The zero-order valence-corrected chi connectivity index (χ0v) is 16.3. The number of aryl methyl sites for hydroxylation is 1. The van der Waals surface area contributed by atoms with Gasteiger partial charge in [-0.15, -0.1) is 11.3 Å². The minimum Gasteiger partial charge on any atom is -0.359 e. The fourth-order valence-electron chi connectivity index (χ4n) is 3.77. The SMILES string of the molecule is Cc1nc(C2CCCN(C)C2)sc1C(=O)N(C)c1cccc2cc[nH]c12. The number of hydrogen-bond donors (Lipinski definition) is 1. The summed E-state index contributed by atoms with van der Waals surface area (Å²) in [5.41, 5.74) is 2.72. The second-order valence-electron chi connectivity index (χ2n) is 7.15. The molecule has 2 aromatic heterocycles. The van der Waals surface area contributed by atoms with E-state index in [1.807, 2.05) is 44.4 Å². The summed E-state index contributed by atoms with van der Waals surface area (Å²) in [6.45, 7) is 4.12. The molecule has 3 aromatic rings. The number of nitrogens with zero attached hydrogens (tertiary/aromatic N) is 3. The van der Waals surface area contributed by atoms with Crippen LogP contribution in [-0.4, -0.2) is 48.0 Å². The van der Waals surface area contributed by atoms with Gasteiger partial charge < -0.3 is 14.8 Å². The van der Waals surface area contributed by atoms with Crippen molar-refractivity contribution in [3.05, 3.63) is 46.0 Å². The number of thiazole rings is 1. The van der Waals surface area contributed by atoms with Crippen molar-refractivity contribution in [2.24, 2.45) is 0 Å². The van der Waals surface area contributed by atoms with Gasteiger partial charge in [0.1, 0.15) is 4.88 Å². The molecule has 4 rings (SSSR count). The van der Waals surface area contributed by atoms with E-state index in [2.05, 4.69) is 16.9 Å². The highest BCUT2D eigenvalue weighted by Crippen LogP contribution is 2.33. The van der Waals surface area contributed by atoms with Gasteiger partial charge in [-0.05, 0) is 45.5 Å². The van der Waals surface area contributed by atoms with Crippen LogP contribution in [0, 0.1) is 6.92 Å². The van der Waals surface area contributed by atoms with Crippen molar-refractivity contribution >= 4 is 33.8 Å². The van der Waals surface area contributed by atoms with Crippen molar-refractivity contribution in [2.45, 2.75) is 25.7 Å². The third-order valence-electron chi connectivity index (χ3n) is 5.21. The first-order valence-electron chi connectivity index (χ1n) is 9.04. The van der Waals surface area contributed by atoms with Crippen molar-refractivity contribution in [1.29, 1.82) is 0 Å². The normalized spacial score (nSPS) is 18.3. The zero-order chi connectivity index (χ0) is 18.3. The van der Waals surface area contributed by atoms with Crippen molar-refractivity contribution in [3.8, 4) is 0 Å². The zero-order valence-electron chi connectivity index (χ0n) is 15.5. The number of hydrogen-bond acceptors (Lipinski definition) is 4. The van der Waals surface area contributed by atoms with Gasteiger partial charge in [-0.2, -0.15) is 0 Å². The number of H-pyrrole nitrogens is 1. The Kier molecular flexibility index (Phi) is 4.54. The Labute approximate surface area is 157 Å². The van der Waals surface area contributed by atoms with E-state index < -0.39 is 0 Å². The number of amides is 1. The molecule has 26 heavy (non-hydrogen) atoms. The predicted octanol–water partition coefficient (Wildman–Crippen LogP) is 4.02. The largest absolute Gasteiger partial charge is 0.359 e. The summed E-state index contributed by atoms with van der Waals surface area (Å²) in [7, 11) is 3.99. The van der Waals surface area contributed by atoms with Gasteiger partial charge in [0.15, 0.2) is 0 Å². The maximum absolute atomic E-state index is 13.2. The summed E-state index contributed by atoms with van der Waals surface area (Å²) in [4.78, 5) is 26.0. The molecular weight excluding hydrogens is 344 g/mol. The predicted molar refractivity (Wildman–Crippen MR) is 107 cm³/mol. The van der Waals surface area contributed by atoms with Crippen molar-refractivity contribution in [2.75, 3.05) is 32.1 Å². The number of anilines is 1. The van der Waals surface area contributed by atoms with E-state index in [9.17, 15) is 4.79 Å². The molecule has 3 heterocycles. The third kappa shape index (κ3) is 3.04. The molecule has 1 aliphatic heterocycles. The summed E-state index contributed by atoms with van der Waals surface area (Å²) in [5, 5.41) is 2.21. The third-order valence-corrected chi connectivity index (χ3v) is 6.52. The first-order valence-corrected chi connectivity index (χ1v) is 9.86. The van der Waals surface area contributed by atoms with Gasteiger partial charge in [0.2, 0.25) is 0 Å². The van der Waals surface area contributed by atoms with Gasteiger partial charge >= 0.3 is 0 Å². The quantitative estimate of drug-likeness (QED) is 0.760. The van der Waals surface area contributed by atoms with Crippen LogP contribution in [0.1, 0.15) is 39.1 Å². The minimum atomic E-state index is 0.0116. The van der Waals surface area contributed by atoms with Crippen LogP contribution in [0.3, 0.4) is 0 Å². The number of fused-ring (bicyclic) bond motifs is 1. The van der Waals surface area contributed by atoms with E-state index in [0.717, 1.165) is 51.7 Å². The lowest BCUT2D eigenvalue weighted by Crippen LogP contribution is -2.30. The summed E-state index contributed by atoms with van der Waals surface area (Å²) in [5.74, 6) is 0.452. The summed E-state index contributed by atoms with van der Waals surface area (Å²) in [6, 6.07) is 8.03. The molecule has 0 saturated carbocycles. The highest BCUT2D eigenvalue weighted by atomic mass is 32.1. The summed E-state index contributed by atoms with van der Waals surface area (Å²) in [6.07, 6.45) is 4.25. The average Bonchev–Trinajstić information content (AvgIpc) is 3.26. The van der Waals surface area contributed by atoms with Gasteiger partial charge in [-0.3, -0.25) is 4.79 Å². The van der Waals surface area contributed by atoms with Crippen LogP contribution in [0.4, 0.5) is 5.69 Å². The van der Waals surface area contributed by atoms with Crippen LogP contribution in [0.2, 0.25) is 0 Å². The molecule has 1 N–H and O–H groups in total. The van der Waals surface area contributed by atoms with E-state index in [1.165, 1.54) is 6.42 Å². The molecule has 1 unspecified atom stereocenters. The molecule has 5 nitrogen and oxygen atoms in total. The monoisotopic (exact) mass is 368 g/mol. The molecule has 136 valence electrons. The maximum Gasteiger partial charge on any atom is 0.270 e. The van der Waals surface area contributed by atoms with Crippen molar-refractivity contribution in [3.63, 3.8) is 0 Å². The molecular formula is C20H24N4OS. The lowest BCUT2D eigenvalue weighted by Gasteiger charge is -2.28. The van der Waals surface area contributed by atoms with Crippen molar-refractivity contribution < 1.29 is 4.79 Å². The number of para-hydroxylation sites is 1. The van der Waals surface area contributed by atoms with Gasteiger partial charge in [0.05, 0.1) is 21.9 Å². The summed E-state index contributed by atoms with van der Waals surface area (Å²) >= 11 is 1.57. The van der Waals surface area contributed by atoms with Gasteiger partial charge in [-0.25, -0.2) is 4.98 Å². The van der Waals surface area contributed by atoms with Crippen LogP contribution in [-0.2, 0) is 0 Å². The van der Waals surface area contributed by atoms with Gasteiger partial charge in [0.25, 0.3) is 5.91 Å². The maximum atomic E-state index is 13.2. The van der Waals surface area contributed by atoms with Crippen LogP contribution in [0.15, 0.2) is 30.5 Å². The first-order chi connectivity index (χ1) is 12.5. The Bertz CT molecular complexity index is 944. The molecule has 0 spiro atoms. The Hall–Kier alpha value is -2.18. The molecule has 1 saturated heterocycles. The Morgan fingerprint density at radius 1 is 1.38 bits per heavy atom. The Morgan fingerprint density at radius 3 is 3.04 bits per heavy atom. The van der Waals surface area contributed by atoms with Crippen LogP contribution in [0.25, 0.3) is 10.9 Å².